The van der Waals surface area contributed by atoms with Gasteiger partial charge in [-0.15, -0.1) is 0 Å². The number of phenols is 1. The molecule has 1 amide bonds. The van der Waals surface area contributed by atoms with Crippen LogP contribution in [0.25, 0.3) is 0 Å². The molecular weight excluding hydrogens is 405 g/mol. The number of phenolic OH excluding ortho intramolecular Hbond substituents is 1. The average Bonchev–Trinajstić information content (AvgIpc) is 2.99. The van der Waals surface area contributed by atoms with Gasteiger partial charge in [-0.05, 0) is 56.1 Å². The van der Waals surface area contributed by atoms with Crippen LogP contribution in [0.4, 0.5) is 10.1 Å². The van der Waals surface area contributed by atoms with Crippen molar-refractivity contribution in [2.45, 2.75) is 59.4 Å². The zero-order valence-corrected chi connectivity index (χ0v) is 18.7. The summed E-state index contributed by atoms with van der Waals surface area (Å²) in [5.41, 5.74) is 4.40. The molecule has 0 saturated carbocycles. The summed E-state index contributed by atoms with van der Waals surface area (Å²) in [6.07, 6.45) is 5.25. The summed E-state index contributed by atoms with van der Waals surface area (Å²) >= 11 is -1.88. The maximum atomic E-state index is 15.4. The van der Waals surface area contributed by atoms with Crippen LogP contribution in [0.3, 0.4) is 0 Å². The minimum Gasteiger partial charge on any atom is -0.506 e. The van der Waals surface area contributed by atoms with E-state index < -0.39 is 22.9 Å². The minimum absolute atomic E-state index is 0.153. The predicted molar refractivity (Wildman–Crippen MR) is 116 cm³/mol. The lowest BCUT2D eigenvalue weighted by Crippen LogP contribution is -2.34. The van der Waals surface area contributed by atoms with Crippen molar-refractivity contribution in [2.24, 2.45) is 5.41 Å². The predicted octanol–water partition coefficient (Wildman–Crippen LogP) is 3.32. The number of carbonyl (C=O) groups is 1. The standard InChI is InChI=1S/C22H30FN3O3S/c1-14-5-4-8-22(2,3)17(14)7-10-25-9-6-15-11-18(27)21(20(23)16(15)12-25)26-13-19(28)24-30(26)29/h11,27H,4-10,12-13H2,1-3H3,(H,24,28). The van der Waals surface area contributed by atoms with Crippen molar-refractivity contribution in [2.75, 3.05) is 23.9 Å². The number of rotatable bonds is 4. The number of hydrogen-bond acceptors (Lipinski definition) is 4. The summed E-state index contributed by atoms with van der Waals surface area (Å²) in [6, 6.07) is 1.56. The number of anilines is 1. The van der Waals surface area contributed by atoms with E-state index in [1.54, 1.807) is 6.07 Å². The van der Waals surface area contributed by atoms with Crippen molar-refractivity contribution in [1.29, 1.82) is 0 Å². The molecule has 2 heterocycles. The van der Waals surface area contributed by atoms with Crippen LogP contribution in [-0.4, -0.2) is 39.8 Å². The quantitative estimate of drug-likeness (QED) is 0.712. The number of fused-ring (bicyclic) bond motifs is 1. The maximum Gasteiger partial charge on any atom is 0.253 e. The third kappa shape index (κ3) is 3.87. The summed E-state index contributed by atoms with van der Waals surface area (Å²) in [7, 11) is 0. The second-order valence-corrected chi connectivity index (χ2v) is 10.4. The van der Waals surface area contributed by atoms with Gasteiger partial charge in [0.25, 0.3) is 5.91 Å². The Morgan fingerprint density at radius 2 is 2.07 bits per heavy atom. The molecule has 1 unspecified atom stereocenters. The van der Waals surface area contributed by atoms with Crippen LogP contribution in [0.15, 0.2) is 17.2 Å². The summed E-state index contributed by atoms with van der Waals surface area (Å²) in [5, 5.41) is 10.4. The summed E-state index contributed by atoms with van der Waals surface area (Å²) in [6.45, 7) is 8.76. The van der Waals surface area contributed by atoms with Crippen molar-refractivity contribution in [3.05, 3.63) is 34.2 Å². The molecule has 1 fully saturated rings. The van der Waals surface area contributed by atoms with Gasteiger partial charge in [-0.1, -0.05) is 25.0 Å². The van der Waals surface area contributed by atoms with E-state index in [1.165, 1.54) is 30.4 Å². The number of nitrogens with one attached hydrogen (secondary N) is 1. The molecule has 3 aliphatic rings. The van der Waals surface area contributed by atoms with Gasteiger partial charge in [-0.3, -0.25) is 18.7 Å². The summed E-state index contributed by atoms with van der Waals surface area (Å²) in [5.74, 6) is -1.30. The molecule has 2 N–H and O–H groups in total. The van der Waals surface area contributed by atoms with E-state index in [-0.39, 0.29) is 23.4 Å². The van der Waals surface area contributed by atoms with Gasteiger partial charge in [-0.25, -0.2) is 8.60 Å². The molecule has 8 heteroatoms. The van der Waals surface area contributed by atoms with Crippen molar-refractivity contribution < 1.29 is 18.5 Å². The van der Waals surface area contributed by atoms with E-state index in [4.69, 9.17) is 0 Å². The fourth-order valence-electron chi connectivity index (χ4n) is 5.15. The van der Waals surface area contributed by atoms with Gasteiger partial charge in [0.15, 0.2) is 5.82 Å². The van der Waals surface area contributed by atoms with Crippen LogP contribution in [0.1, 0.15) is 57.6 Å². The molecule has 1 aromatic carbocycles. The molecule has 2 aliphatic heterocycles. The van der Waals surface area contributed by atoms with Gasteiger partial charge in [-0.2, -0.15) is 0 Å². The highest BCUT2D eigenvalue weighted by atomic mass is 32.2. The number of carbonyl (C=O) groups excluding carboxylic acids is 1. The molecule has 1 aliphatic carbocycles. The van der Waals surface area contributed by atoms with Crippen LogP contribution in [0, 0.1) is 11.2 Å². The number of allylic oxidation sites excluding steroid dienone is 1. The molecule has 1 aromatic rings. The van der Waals surface area contributed by atoms with E-state index in [0.29, 0.717) is 18.5 Å². The highest BCUT2D eigenvalue weighted by Gasteiger charge is 2.34. The Morgan fingerprint density at radius 3 is 2.73 bits per heavy atom. The number of benzene rings is 1. The molecule has 0 bridgehead atoms. The number of amides is 1. The van der Waals surface area contributed by atoms with E-state index in [9.17, 15) is 14.1 Å². The first-order valence-corrected chi connectivity index (χ1v) is 11.7. The Kier molecular flexibility index (Phi) is 5.66. The Balaban J connectivity index is 1.54. The zero-order chi connectivity index (χ0) is 21.6. The average molecular weight is 436 g/mol. The molecule has 6 nitrogen and oxygen atoms in total. The normalized spacial score (nSPS) is 24.2. The Morgan fingerprint density at radius 1 is 1.30 bits per heavy atom. The van der Waals surface area contributed by atoms with E-state index >= 15 is 4.39 Å². The molecule has 1 atom stereocenters. The molecule has 4 rings (SSSR count). The van der Waals surface area contributed by atoms with E-state index in [1.807, 2.05) is 0 Å². The lowest BCUT2D eigenvalue weighted by molar-refractivity contribution is -0.117. The monoisotopic (exact) mass is 435 g/mol. The fourth-order valence-corrected chi connectivity index (χ4v) is 6.10. The summed E-state index contributed by atoms with van der Waals surface area (Å²) in [4.78, 5) is 13.8. The molecule has 0 radical (unpaired) electrons. The molecule has 164 valence electrons. The largest absolute Gasteiger partial charge is 0.506 e. The number of hydrogen-bond donors (Lipinski definition) is 2. The van der Waals surface area contributed by atoms with Crippen LogP contribution in [0.5, 0.6) is 5.75 Å². The Bertz CT molecular complexity index is 944. The van der Waals surface area contributed by atoms with Gasteiger partial charge in [0, 0.05) is 25.2 Å². The molecular formula is C22H30FN3O3S. The minimum atomic E-state index is -1.88. The lowest BCUT2D eigenvalue weighted by atomic mass is 9.71. The zero-order valence-electron chi connectivity index (χ0n) is 17.9. The second-order valence-electron chi connectivity index (χ2n) is 9.28. The number of nitrogens with zero attached hydrogens (tertiary/aromatic N) is 2. The Labute approximate surface area is 179 Å². The fraction of sp³-hybridized carbons (Fsp3) is 0.591. The van der Waals surface area contributed by atoms with Crippen LogP contribution in [0.2, 0.25) is 0 Å². The molecule has 0 aromatic heterocycles. The van der Waals surface area contributed by atoms with Crippen molar-refractivity contribution >= 4 is 22.8 Å². The van der Waals surface area contributed by atoms with Crippen molar-refractivity contribution in [1.82, 2.24) is 9.62 Å². The Hall–Kier alpha value is -1.93. The first kappa shape index (κ1) is 21.3. The third-order valence-electron chi connectivity index (χ3n) is 6.79. The van der Waals surface area contributed by atoms with Gasteiger partial charge in [0.05, 0.1) is 0 Å². The first-order chi connectivity index (χ1) is 14.2. The van der Waals surface area contributed by atoms with Crippen LogP contribution < -0.4 is 9.03 Å². The lowest BCUT2D eigenvalue weighted by Gasteiger charge is -2.37. The SMILES string of the molecule is CC1=C(CCN2CCc3cc(O)c(N4CC(=O)NS4=O)c(F)c3C2)C(C)(C)CCC1. The van der Waals surface area contributed by atoms with Crippen molar-refractivity contribution in [3.8, 4) is 5.75 Å². The smallest absolute Gasteiger partial charge is 0.253 e. The van der Waals surface area contributed by atoms with Crippen LogP contribution >= 0.6 is 0 Å². The first-order valence-electron chi connectivity index (χ1n) is 10.6. The molecule has 0 spiro atoms. The van der Waals surface area contributed by atoms with Gasteiger partial charge < -0.3 is 5.11 Å². The molecule has 1 saturated heterocycles. The van der Waals surface area contributed by atoms with Gasteiger partial charge >= 0.3 is 0 Å². The molecule has 30 heavy (non-hydrogen) atoms. The summed E-state index contributed by atoms with van der Waals surface area (Å²) < 4.78 is 30.8. The van der Waals surface area contributed by atoms with Gasteiger partial charge in [0.2, 0.25) is 11.2 Å². The van der Waals surface area contributed by atoms with Gasteiger partial charge in [0.1, 0.15) is 18.0 Å². The second kappa shape index (κ2) is 7.96. The van der Waals surface area contributed by atoms with E-state index in [0.717, 1.165) is 29.4 Å². The maximum absolute atomic E-state index is 15.4. The number of aromatic hydroxyl groups is 1. The van der Waals surface area contributed by atoms with Crippen molar-refractivity contribution in [3.63, 3.8) is 0 Å². The number of halogens is 1. The van der Waals surface area contributed by atoms with Crippen LogP contribution in [-0.2, 0) is 28.9 Å². The third-order valence-corrected chi connectivity index (χ3v) is 7.91. The highest BCUT2D eigenvalue weighted by molar-refractivity contribution is 7.85. The van der Waals surface area contributed by atoms with E-state index in [2.05, 4.69) is 30.4 Å². The highest BCUT2D eigenvalue weighted by Crippen LogP contribution is 2.42. The topological polar surface area (TPSA) is 72.9 Å².